The van der Waals surface area contributed by atoms with E-state index in [4.69, 9.17) is 8.17 Å². The van der Waals surface area contributed by atoms with E-state index in [0.29, 0.717) is 0 Å². The van der Waals surface area contributed by atoms with E-state index < -0.39 is 12.0 Å². The standard InChI is InChI=1S/C5H10INO3/c1-3(10-6)4(7-2)5(8)9/h3-4,7H,1-2H3,(H,8,9)/t3-,4-/m1/s1. The molecule has 0 saturated carbocycles. The Kier molecular flexibility index (Phi) is 4.92. The molecule has 0 aliphatic carbocycles. The molecule has 5 heteroatoms. The first-order valence-electron chi connectivity index (χ1n) is 2.81. The van der Waals surface area contributed by atoms with E-state index in [9.17, 15) is 4.79 Å². The van der Waals surface area contributed by atoms with Crippen LogP contribution in [-0.2, 0) is 7.86 Å². The zero-order valence-corrected chi connectivity index (χ0v) is 7.95. The summed E-state index contributed by atoms with van der Waals surface area (Å²) in [6.07, 6.45) is -0.317. The molecule has 0 aromatic carbocycles. The van der Waals surface area contributed by atoms with Gasteiger partial charge in [0.25, 0.3) is 0 Å². The van der Waals surface area contributed by atoms with Gasteiger partial charge in [-0.3, -0.25) is 4.79 Å². The maximum absolute atomic E-state index is 10.4. The molecule has 2 atom stereocenters. The van der Waals surface area contributed by atoms with Crippen LogP contribution in [0.1, 0.15) is 6.92 Å². The molecular weight excluding hydrogens is 249 g/mol. The maximum Gasteiger partial charge on any atom is 0.323 e. The molecule has 0 saturated heterocycles. The Hall–Kier alpha value is 0.120. The molecule has 0 aromatic rings. The van der Waals surface area contributed by atoms with Crippen LogP contribution in [0.25, 0.3) is 0 Å². The van der Waals surface area contributed by atoms with Crippen LogP contribution in [0.3, 0.4) is 0 Å². The van der Waals surface area contributed by atoms with Crippen LogP contribution in [0.15, 0.2) is 0 Å². The monoisotopic (exact) mass is 259 g/mol. The van der Waals surface area contributed by atoms with Crippen LogP contribution in [0.4, 0.5) is 0 Å². The largest absolute Gasteiger partial charge is 0.480 e. The van der Waals surface area contributed by atoms with Crippen molar-refractivity contribution in [2.45, 2.75) is 19.1 Å². The van der Waals surface area contributed by atoms with E-state index >= 15 is 0 Å². The number of likely N-dealkylation sites (N-methyl/N-ethyl adjacent to an activating group) is 1. The van der Waals surface area contributed by atoms with Gasteiger partial charge >= 0.3 is 5.97 Å². The number of hydrogen-bond donors (Lipinski definition) is 2. The van der Waals surface area contributed by atoms with Gasteiger partial charge in [-0.2, -0.15) is 0 Å². The zero-order valence-electron chi connectivity index (χ0n) is 5.80. The molecular formula is C5H10INO3. The second-order valence-electron chi connectivity index (χ2n) is 1.90. The summed E-state index contributed by atoms with van der Waals surface area (Å²) in [7, 11) is 1.59. The van der Waals surface area contributed by atoms with Crippen molar-refractivity contribution >= 4 is 29.0 Å². The predicted molar refractivity (Wildman–Crippen MR) is 45.1 cm³/mol. The Morgan fingerprint density at radius 2 is 2.30 bits per heavy atom. The highest BCUT2D eigenvalue weighted by Gasteiger charge is 2.22. The van der Waals surface area contributed by atoms with Crippen molar-refractivity contribution in [3.05, 3.63) is 0 Å². The lowest BCUT2D eigenvalue weighted by molar-refractivity contribution is -0.141. The number of carboxylic acids is 1. The van der Waals surface area contributed by atoms with Crippen LogP contribution in [0, 0.1) is 0 Å². The molecule has 0 heterocycles. The first-order valence-corrected chi connectivity index (χ1v) is 3.69. The summed E-state index contributed by atoms with van der Waals surface area (Å²) in [6.45, 7) is 1.70. The van der Waals surface area contributed by atoms with Gasteiger partial charge in [0.15, 0.2) is 0 Å². The summed E-state index contributed by atoms with van der Waals surface area (Å²) in [5.41, 5.74) is 0. The van der Waals surface area contributed by atoms with Crippen LogP contribution >= 0.6 is 23.0 Å². The van der Waals surface area contributed by atoms with Gasteiger partial charge in [0, 0.05) is 0 Å². The van der Waals surface area contributed by atoms with Gasteiger partial charge < -0.3 is 13.5 Å². The van der Waals surface area contributed by atoms with Crippen molar-refractivity contribution < 1.29 is 13.0 Å². The first-order chi connectivity index (χ1) is 4.63. The summed E-state index contributed by atoms with van der Waals surface area (Å²) in [6, 6.07) is -0.628. The molecule has 2 N–H and O–H groups in total. The van der Waals surface area contributed by atoms with Gasteiger partial charge in [0.05, 0.1) is 6.10 Å². The number of carbonyl (C=O) groups is 1. The Morgan fingerprint density at radius 3 is 2.40 bits per heavy atom. The number of nitrogens with one attached hydrogen (secondary N) is 1. The van der Waals surface area contributed by atoms with E-state index in [1.165, 1.54) is 0 Å². The average Bonchev–Trinajstić information content (AvgIpc) is 1.88. The third kappa shape index (κ3) is 2.80. The van der Waals surface area contributed by atoms with Crippen molar-refractivity contribution in [1.29, 1.82) is 0 Å². The number of rotatable bonds is 4. The molecule has 60 valence electrons. The third-order valence-electron chi connectivity index (χ3n) is 1.19. The van der Waals surface area contributed by atoms with Crippen LogP contribution in [0.2, 0.25) is 0 Å². The topological polar surface area (TPSA) is 58.6 Å². The smallest absolute Gasteiger partial charge is 0.323 e. The van der Waals surface area contributed by atoms with E-state index in [0.717, 1.165) is 0 Å². The fraction of sp³-hybridized carbons (Fsp3) is 0.800. The minimum absolute atomic E-state index is 0.317. The third-order valence-corrected chi connectivity index (χ3v) is 1.99. The molecule has 0 unspecified atom stereocenters. The van der Waals surface area contributed by atoms with Crippen molar-refractivity contribution in [2.24, 2.45) is 0 Å². The normalized spacial score (nSPS) is 16.3. The summed E-state index contributed by atoms with van der Waals surface area (Å²) in [5, 5.41) is 11.2. The molecule has 0 aliphatic heterocycles. The Labute approximate surface area is 73.6 Å². The zero-order chi connectivity index (χ0) is 8.15. The molecule has 4 nitrogen and oxygen atoms in total. The molecule has 0 radical (unpaired) electrons. The number of aliphatic carboxylic acids is 1. The van der Waals surface area contributed by atoms with Crippen LogP contribution in [0.5, 0.6) is 0 Å². The maximum atomic E-state index is 10.4. The number of hydrogen-bond acceptors (Lipinski definition) is 3. The summed E-state index contributed by atoms with van der Waals surface area (Å²) in [5.74, 6) is -0.897. The second kappa shape index (κ2) is 4.86. The molecule has 0 bridgehead atoms. The van der Waals surface area contributed by atoms with Crippen molar-refractivity contribution in [1.82, 2.24) is 5.32 Å². The lowest BCUT2D eigenvalue weighted by Gasteiger charge is -2.15. The van der Waals surface area contributed by atoms with E-state index in [1.54, 1.807) is 37.0 Å². The lowest BCUT2D eigenvalue weighted by Crippen LogP contribution is -2.42. The SMILES string of the molecule is CN[C@@H](C(=O)O)[C@@H](C)OI. The fourth-order valence-corrected chi connectivity index (χ4v) is 0.904. The summed E-state index contributed by atoms with van der Waals surface area (Å²) in [4.78, 5) is 10.4. The summed E-state index contributed by atoms with van der Waals surface area (Å²) >= 11 is 1.68. The molecule has 0 aliphatic rings. The quantitative estimate of drug-likeness (QED) is 0.718. The van der Waals surface area contributed by atoms with Gasteiger partial charge in [-0.25, -0.2) is 0 Å². The number of halogens is 1. The van der Waals surface area contributed by atoms with E-state index in [1.807, 2.05) is 0 Å². The minimum atomic E-state index is -0.897. The van der Waals surface area contributed by atoms with Gasteiger partial charge in [0.2, 0.25) is 0 Å². The highest BCUT2D eigenvalue weighted by atomic mass is 127. The van der Waals surface area contributed by atoms with E-state index in [2.05, 4.69) is 5.32 Å². The summed E-state index contributed by atoms with van der Waals surface area (Å²) < 4.78 is 4.79. The molecule has 0 rings (SSSR count). The average molecular weight is 259 g/mol. The molecule has 0 fully saturated rings. The van der Waals surface area contributed by atoms with Crippen LogP contribution in [-0.4, -0.2) is 30.3 Å². The lowest BCUT2D eigenvalue weighted by atomic mass is 10.2. The highest BCUT2D eigenvalue weighted by molar-refractivity contribution is 14.1. The van der Waals surface area contributed by atoms with Gasteiger partial charge in [-0.1, -0.05) is 0 Å². The van der Waals surface area contributed by atoms with Crippen molar-refractivity contribution in [2.75, 3.05) is 7.05 Å². The molecule has 0 aromatic heterocycles. The molecule has 0 amide bonds. The van der Waals surface area contributed by atoms with Gasteiger partial charge in [-0.05, 0) is 14.0 Å². The van der Waals surface area contributed by atoms with Crippen molar-refractivity contribution in [3.63, 3.8) is 0 Å². The van der Waals surface area contributed by atoms with Crippen molar-refractivity contribution in [3.8, 4) is 0 Å². The Morgan fingerprint density at radius 1 is 1.80 bits per heavy atom. The fourth-order valence-electron chi connectivity index (χ4n) is 0.610. The predicted octanol–water partition coefficient (Wildman–Crippen LogP) is 0.414. The minimum Gasteiger partial charge on any atom is -0.480 e. The van der Waals surface area contributed by atoms with Gasteiger partial charge in [-0.15, -0.1) is 0 Å². The van der Waals surface area contributed by atoms with E-state index in [-0.39, 0.29) is 6.10 Å². The first kappa shape index (κ1) is 10.1. The highest BCUT2D eigenvalue weighted by Crippen LogP contribution is 2.02. The van der Waals surface area contributed by atoms with Gasteiger partial charge in [0.1, 0.15) is 29.0 Å². The number of carboxylic acid groups (broad SMARTS) is 1. The Balaban J connectivity index is 3.92. The van der Waals surface area contributed by atoms with Crippen LogP contribution < -0.4 is 5.32 Å². The second-order valence-corrected chi connectivity index (χ2v) is 2.41. The molecule has 0 spiro atoms. The molecule has 10 heavy (non-hydrogen) atoms. The Bertz CT molecular complexity index is 119.